The highest BCUT2D eigenvalue weighted by atomic mass is 16.5. The van der Waals surface area contributed by atoms with Gasteiger partial charge in [0.1, 0.15) is 12.3 Å². The number of hydrogen-bond donors (Lipinski definition) is 1. The number of carbonyl (C=O) groups excluding carboxylic acids is 1. The number of ketones is 1. The van der Waals surface area contributed by atoms with Crippen LogP contribution in [0.5, 0.6) is 11.5 Å². The summed E-state index contributed by atoms with van der Waals surface area (Å²) in [6.07, 6.45) is 4.98. The van der Waals surface area contributed by atoms with Gasteiger partial charge in [0, 0.05) is 18.0 Å². The Kier molecular flexibility index (Phi) is 3.88. The molecule has 2 aromatic rings. The van der Waals surface area contributed by atoms with Gasteiger partial charge in [0.2, 0.25) is 5.78 Å². The topological polar surface area (TPSA) is 66.7 Å². The molecule has 0 atom stereocenters. The lowest BCUT2D eigenvalue weighted by Gasteiger charge is -2.19. The van der Waals surface area contributed by atoms with E-state index >= 15 is 0 Å². The monoisotopic (exact) mass is 310 g/mol. The molecular formula is C18H18N2O3. The van der Waals surface area contributed by atoms with Gasteiger partial charge in [-0.15, -0.1) is 0 Å². The van der Waals surface area contributed by atoms with Crippen LogP contribution in [0.1, 0.15) is 27.0 Å². The maximum atomic E-state index is 12.6. The van der Waals surface area contributed by atoms with Gasteiger partial charge in [0.05, 0.1) is 19.7 Å². The quantitative estimate of drug-likeness (QED) is 0.849. The number of nitrogens with one attached hydrogen (secondary N) is 1. The van der Waals surface area contributed by atoms with Crippen LogP contribution in [0, 0.1) is 6.92 Å². The van der Waals surface area contributed by atoms with Crippen molar-refractivity contribution in [2.75, 3.05) is 14.1 Å². The standard InChI is InChI=1S/C18H18N2O3/c1-11-7-14(21)13(10-20(2)3)18-16(11)17(22)15(23-18)8-12-5-4-6-19-9-12/h4-9,21H,10H2,1-3H3. The van der Waals surface area contributed by atoms with Crippen molar-refractivity contribution in [2.45, 2.75) is 13.5 Å². The summed E-state index contributed by atoms with van der Waals surface area (Å²) in [5.41, 5.74) is 2.48. The molecule has 118 valence electrons. The maximum absolute atomic E-state index is 12.6. The predicted molar refractivity (Wildman–Crippen MR) is 84.3 cm³/mol. The van der Waals surface area contributed by atoms with Gasteiger partial charge < -0.3 is 14.7 Å². The van der Waals surface area contributed by atoms with Gasteiger partial charge in [-0.25, -0.2) is 0 Å². The Labute approximate surface area is 134 Å². The number of quaternary nitrogens is 1. The average molecular weight is 310 g/mol. The molecule has 0 saturated heterocycles. The van der Waals surface area contributed by atoms with E-state index in [9.17, 15) is 9.90 Å². The molecule has 1 aliphatic rings. The van der Waals surface area contributed by atoms with Gasteiger partial charge in [-0.1, -0.05) is 17.9 Å². The number of aryl methyl sites for hydroxylation is 1. The molecule has 0 aliphatic carbocycles. The van der Waals surface area contributed by atoms with Crippen LogP contribution < -0.4 is 14.7 Å². The lowest BCUT2D eigenvalue weighted by Crippen LogP contribution is -3.04. The second-order valence-electron chi connectivity index (χ2n) is 5.98. The van der Waals surface area contributed by atoms with Crippen molar-refractivity contribution in [1.82, 2.24) is 4.98 Å². The van der Waals surface area contributed by atoms with Crippen molar-refractivity contribution in [3.63, 3.8) is 0 Å². The van der Waals surface area contributed by atoms with Crippen LogP contribution in [-0.2, 0) is 6.54 Å². The predicted octanol–water partition coefficient (Wildman–Crippen LogP) is 0.724. The third-order valence-corrected chi connectivity index (χ3v) is 3.72. The first-order valence-electron chi connectivity index (χ1n) is 7.44. The van der Waals surface area contributed by atoms with Gasteiger partial charge in [0.25, 0.3) is 0 Å². The average Bonchev–Trinajstić information content (AvgIpc) is 2.82. The zero-order valence-electron chi connectivity index (χ0n) is 13.3. The van der Waals surface area contributed by atoms with Crippen LogP contribution in [0.25, 0.3) is 6.08 Å². The first kappa shape index (κ1) is 15.2. The Bertz CT molecular complexity index is 796. The number of carbonyl (C=O) groups is 1. The molecule has 1 aliphatic heterocycles. The Morgan fingerprint density at radius 3 is 2.83 bits per heavy atom. The summed E-state index contributed by atoms with van der Waals surface area (Å²) in [6, 6.07) is 5.16. The molecule has 5 nitrogen and oxygen atoms in total. The number of nitrogens with zero attached hydrogens (tertiary/aromatic N) is 1. The molecule has 0 radical (unpaired) electrons. The number of Topliss-reactive ketones (excluding diaryl/α,β-unsaturated/α-hetero) is 1. The Morgan fingerprint density at radius 1 is 1.39 bits per heavy atom. The highest BCUT2D eigenvalue weighted by molar-refractivity contribution is 6.15. The SMILES string of the molecule is Cc1cc([O-])c(C[NH+](C)C)c2c1C(=O)C(=Cc1cccnc1)O2. The molecule has 2 heterocycles. The van der Waals surface area contributed by atoms with Crippen molar-refractivity contribution in [3.05, 3.63) is 58.6 Å². The Hall–Kier alpha value is -2.66. The van der Waals surface area contributed by atoms with E-state index in [1.165, 1.54) is 6.07 Å². The molecule has 0 amide bonds. The van der Waals surface area contributed by atoms with Crippen LogP contribution in [0.2, 0.25) is 0 Å². The molecule has 3 rings (SSSR count). The van der Waals surface area contributed by atoms with E-state index < -0.39 is 0 Å². The van der Waals surface area contributed by atoms with E-state index in [2.05, 4.69) is 4.98 Å². The molecular weight excluding hydrogens is 292 g/mol. The van der Waals surface area contributed by atoms with Gasteiger partial charge in [-0.05, 0) is 30.2 Å². The zero-order valence-corrected chi connectivity index (χ0v) is 13.3. The fourth-order valence-electron chi connectivity index (χ4n) is 2.70. The van der Waals surface area contributed by atoms with Gasteiger partial charge >= 0.3 is 0 Å². The summed E-state index contributed by atoms with van der Waals surface area (Å²) >= 11 is 0. The summed E-state index contributed by atoms with van der Waals surface area (Å²) in [5, 5.41) is 12.3. The molecule has 0 unspecified atom stereocenters. The molecule has 0 saturated carbocycles. The van der Waals surface area contributed by atoms with Crippen molar-refractivity contribution in [1.29, 1.82) is 0 Å². The molecule has 1 aromatic carbocycles. The number of aromatic nitrogens is 1. The smallest absolute Gasteiger partial charge is 0.232 e. The second kappa shape index (κ2) is 5.85. The number of benzene rings is 1. The summed E-state index contributed by atoms with van der Waals surface area (Å²) in [5.74, 6) is 0.377. The zero-order chi connectivity index (χ0) is 16.6. The fourth-order valence-corrected chi connectivity index (χ4v) is 2.70. The minimum Gasteiger partial charge on any atom is -0.872 e. The molecule has 0 spiro atoms. The third-order valence-electron chi connectivity index (χ3n) is 3.72. The van der Waals surface area contributed by atoms with Crippen molar-refractivity contribution < 1.29 is 19.5 Å². The van der Waals surface area contributed by atoms with E-state index in [0.717, 1.165) is 10.5 Å². The highest BCUT2D eigenvalue weighted by Crippen LogP contribution is 2.40. The summed E-state index contributed by atoms with van der Waals surface area (Å²) in [7, 11) is 3.91. The summed E-state index contributed by atoms with van der Waals surface area (Å²) in [6.45, 7) is 2.27. The maximum Gasteiger partial charge on any atom is 0.232 e. The molecule has 0 fully saturated rings. The van der Waals surface area contributed by atoms with Gasteiger partial charge in [0.15, 0.2) is 5.76 Å². The number of hydrogen-bond acceptors (Lipinski definition) is 4. The van der Waals surface area contributed by atoms with Crippen molar-refractivity contribution >= 4 is 11.9 Å². The van der Waals surface area contributed by atoms with E-state index in [0.29, 0.717) is 29.0 Å². The normalized spacial score (nSPS) is 15.1. The van der Waals surface area contributed by atoms with Crippen LogP contribution in [0.4, 0.5) is 0 Å². The molecule has 1 aromatic heterocycles. The lowest BCUT2D eigenvalue weighted by molar-refractivity contribution is -0.872. The Morgan fingerprint density at radius 2 is 2.17 bits per heavy atom. The van der Waals surface area contributed by atoms with Gasteiger partial charge in [-0.2, -0.15) is 0 Å². The van der Waals surface area contributed by atoms with Crippen LogP contribution in [0.15, 0.2) is 36.4 Å². The second-order valence-corrected chi connectivity index (χ2v) is 5.98. The van der Waals surface area contributed by atoms with E-state index in [1.807, 2.05) is 20.2 Å². The number of rotatable bonds is 3. The van der Waals surface area contributed by atoms with Crippen molar-refractivity contribution in [2.24, 2.45) is 0 Å². The molecule has 5 heteroatoms. The van der Waals surface area contributed by atoms with E-state index in [4.69, 9.17) is 4.74 Å². The largest absolute Gasteiger partial charge is 0.872 e. The first-order chi connectivity index (χ1) is 11.0. The summed E-state index contributed by atoms with van der Waals surface area (Å²) < 4.78 is 5.79. The first-order valence-corrected chi connectivity index (χ1v) is 7.44. The number of pyridine rings is 1. The number of allylic oxidation sites excluding steroid dienone is 1. The lowest BCUT2D eigenvalue weighted by atomic mass is 9.99. The number of ether oxygens (including phenoxy) is 1. The molecule has 1 N–H and O–H groups in total. The minimum absolute atomic E-state index is 0.0853. The fraction of sp³-hybridized carbons (Fsp3) is 0.222. The van der Waals surface area contributed by atoms with Crippen molar-refractivity contribution in [3.8, 4) is 11.5 Å². The number of fused-ring (bicyclic) bond motifs is 1. The van der Waals surface area contributed by atoms with Crippen LogP contribution in [-0.4, -0.2) is 24.9 Å². The molecule has 23 heavy (non-hydrogen) atoms. The van der Waals surface area contributed by atoms with E-state index in [-0.39, 0.29) is 17.3 Å². The molecule has 0 bridgehead atoms. The van der Waals surface area contributed by atoms with Crippen LogP contribution >= 0.6 is 0 Å². The Balaban J connectivity index is 2.08. The van der Waals surface area contributed by atoms with Crippen LogP contribution in [0.3, 0.4) is 0 Å². The highest BCUT2D eigenvalue weighted by Gasteiger charge is 2.32. The summed E-state index contributed by atoms with van der Waals surface area (Å²) in [4.78, 5) is 17.8. The minimum atomic E-state index is -0.184. The third kappa shape index (κ3) is 2.83. The van der Waals surface area contributed by atoms with Gasteiger partial charge in [-0.3, -0.25) is 9.78 Å². The van der Waals surface area contributed by atoms with E-state index in [1.54, 1.807) is 31.5 Å².